The van der Waals surface area contributed by atoms with E-state index in [1.54, 1.807) is 0 Å². The van der Waals surface area contributed by atoms with Crippen LogP contribution in [0.25, 0.3) is 0 Å². The van der Waals surface area contributed by atoms with Gasteiger partial charge in [-0.2, -0.15) is 5.26 Å². The Morgan fingerprint density at radius 1 is 1.56 bits per heavy atom. The molecule has 1 aromatic carbocycles. The molecule has 0 radical (unpaired) electrons. The van der Waals surface area contributed by atoms with Crippen LogP contribution in [0.2, 0.25) is 0 Å². The minimum atomic E-state index is -0.939. The molecule has 0 unspecified atom stereocenters. The maximum atomic E-state index is 11.8. The molecule has 0 bridgehead atoms. The normalized spacial score (nSPS) is 19.3. The van der Waals surface area contributed by atoms with Gasteiger partial charge in [-0.3, -0.25) is 0 Å². The average Bonchev–Trinajstić information content (AvgIpc) is 2.78. The Morgan fingerprint density at radius 2 is 2.39 bits per heavy atom. The number of unbranched alkanes of at least 4 members (excludes halogenated alkanes) is 1. The molecule has 0 spiro atoms. The monoisotopic (exact) mass is 262 g/mol. The first-order valence-corrected chi connectivity index (χ1v) is 7.74. The highest BCUT2D eigenvalue weighted by Gasteiger charge is 2.26. The Balaban J connectivity index is 2.01. The second kappa shape index (κ2) is 6.24. The summed E-state index contributed by atoms with van der Waals surface area (Å²) in [6.45, 7) is 2.10. The SMILES string of the molecule is CCCC[S@@+]([O-])N[C@@H]1CCc2cc(C#N)ccc21. The Labute approximate surface area is 112 Å². The highest BCUT2D eigenvalue weighted by Crippen LogP contribution is 2.32. The van der Waals surface area contributed by atoms with Crippen molar-refractivity contribution in [2.24, 2.45) is 0 Å². The molecule has 0 fully saturated rings. The molecular formula is C14H18N2OS. The topological polar surface area (TPSA) is 58.9 Å². The van der Waals surface area contributed by atoms with E-state index in [1.807, 2.05) is 18.2 Å². The molecule has 0 saturated carbocycles. The molecule has 18 heavy (non-hydrogen) atoms. The van der Waals surface area contributed by atoms with Crippen molar-refractivity contribution in [1.29, 1.82) is 5.26 Å². The van der Waals surface area contributed by atoms with E-state index < -0.39 is 11.4 Å². The van der Waals surface area contributed by atoms with Crippen molar-refractivity contribution in [3.63, 3.8) is 0 Å². The lowest BCUT2D eigenvalue weighted by molar-refractivity contribution is 0.551. The summed E-state index contributed by atoms with van der Waals surface area (Å²) in [5, 5.41) is 8.86. The predicted molar refractivity (Wildman–Crippen MR) is 73.3 cm³/mol. The average molecular weight is 262 g/mol. The van der Waals surface area contributed by atoms with E-state index in [0.29, 0.717) is 5.56 Å². The van der Waals surface area contributed by atoms with Crippen LogP contribution >= 0.6 is 0 Å². The van der Waals surface area contributed by atoms with Crippen molar-refractivity contribution in [2.75, 3.05) is 5.75 Å². The van der Waals surface area contributed by atoms with Gasteiger partial charge in [-0.25, -0.2) is 0 Å². The smallest absolute Gasteiger partial charge is 0.125 e. The van der Waals surface area contributed by atoms with Crippen LogP contribution in [0.4, 0.5) is 0 Å². The molecule has 0 heterocycles. The molecule has 1 aliphatic rings. The number of nitriles is 1. The van der Waals surface area contributed by atoms with E-state index in [0.717, 1.165) is 31.4 Å². The van der Waals surface area contributed by atoms with E-state index >= 15 is 0 Å². The Bertz CT molecular complexity index is 456. The fraction of sp³-hybridized carbons (Fsp3) is 0.500. The van der Waals surface area contributed by atoms with Gasteiger partial charge >= 0.3 is 0 Å². The van der Waals surface area contributed by atoms with Crippen LogP contribution < -0.4 is 4.72 Å². The van der Waals surface area contributed by atoms with Crippen molar-refractivity contribution in [2.45, 2.75) is 38.6 Å². The number of aryl methyl sites for hydroxylation is 1. The highest BCUT2D eigenvalue weighted by atomic mass is 32.2. The fourth-order valence-electron chi connectivity index (χ4n) is 2.30. The van der Waals surface area contributed by atoms with Gasteiger partial charge in [0.25, 0.3) is 0 Å². The third-order valence-electron chi connectivity index (χ3n) is 3.31. The summed E-state index contributed by atoms with van der Waals surface area (Å²) in [6, 6.07) is 8.13. The lowest BCUT2D eigenvalue weighted by Crippen LogP contribution is -2.29. The third-order valence-corrected chi connectivity index (χ3v) is 4.51. The lowest BCUT2D eigenvalue weighted by atomic mass is 10.1. The first-order chi connectivity index (χ1) is 8.74. The molecule has 1 N–H and O–H groups in total. The highest BCUT2D eigenvalue weighted by molar-refractivity contribution is 7.89. The van der Waals surface area contributed by atoms with Crippen LogP contribution in [0.15, 0.2) is 18.2 Å². The van der Waals surface area contributed by atoms with Crippen LogP contribution in [0, 0.1) is 11.3 Å². The Kier molecular flexibility index (Phi) is 4.65. The molecule has 2 rings (SSSR count). The maximum absolute atomic E-state index is 11.8. The number of fused-ring (bicyclic) bond motifs is 1. The van der Waals surface area contributed by atoms with Gasteiger partial charge in [-0.1, -0.05) is 19.4 Å². The molecule has 4 heteroatoms. The zero-order chi connectivity index (χ0) is 13.0. The van der Waals surface area contributed by atoms with Gasteiger partial charge in [0, 0.05) is 11.4 Å². The van der Waals surface area contributed by atoms with Crippen LogP contribution in [-0.4, -0.2) is 10.3 Å². The third kappa shape index (κ3) is 3.05. The minimum Gasteiger partial charge on any atom is -0.598 e. The molecule has 2 atom stereocenters. The summed E-state index contributed by atoms with van der Waals surface area (Å²) >= 11 is -0.939. The number of hydrogen-bond acceptors (Lipinski definition) is 3. The molecule has 1 aromatic rings. The van der Waals surface area contributed by atoms with Gasteiger partial charge in [-0.15, -0.1) is 4.72 Å². The van der Waals surface area contributed by atoms with Gasteiger partial charge in [0.2, 0.25) is 0 Å². The van der Waals surface area contributed by atoms with Crippen LogP contribution in [0.5, 0.6) is 0 Å². The Hall–Kier alpha value is -1.02. The standard InChI is InChI=1S/C14H18N2OS/c1-2-3-8-18(17)16-14-7-5-12-9-11(10-15)4-6-13(12)14/h4,6,9,14,16H,2-3,5,7-8H2,1H3/t14-,18-/m1/s1. The van der Waals surface area contributed by atoms with Gasteiger partial charge in [0.05, 0.1) is 17.7 Å². The second-order valence-electron chi connectivity index (χ2n) is 4.64. The second-order valence-corrected chi connectivity index (χ2v) is 5.97. The lowest BCUT2D eigenvalue weighted by Gasteiger charge is -2.16. The zero-order valence-corrected chi connectivity index (χ0v) is 11.4. The van der Waals surface area contributed by atoms with Crippen molar-refractivity contribution < 1.29 is 4.55 Å². The van der Waals surface area contributed by atoms with E-state index in [-0.39, 0.29) is 6.04 Å². The number of nitrogens with one attached hydrogen (secondary N) is 1. The summed E-state index contributed by atoms with van der Waals surface area (Å²) in [4.78, 5) is 0. The Morgan fingerprint density at radius 3 is 3.11 bits per heavy atom. The van der Waals surface area contributed by atoms with Crippen LogP contribution in [0.1, 0.15) is 48.9 Å². The van der Waals surface area contributed by atoms with Gasteiger partial charge in [0.15, 0.2) is 0 Å². The predicted octanol–water partition coefficient (Wildman–Crippen LogP) is 2.60. The number of hydrogen-bond donors (Lipinski definition) is 1. The summed E-state index contributed by atoms with van der Waals surface area (Å²) in [5.74, 6) is 0.721. The van der Waals surface area contributed by atoms with Gasteiger partial charge in [-0.05, 0) is 42.5 Å². The number of nitrogens with zero attached hydrogens (tertiary/aromatic N) is 1. The number of benzene rings is 1. The first kappa shape index (κ1) is 13.4. The first-order valence-electron chi connectivity index (χ1n) is 6.42. The van der Waals surface area contributed by atoms with Gasteiger partial charge < -0.3 is 4.55 Å². The van der Waals surface area contributed by atoms with Crippen LogP contribution in [-0.2, 0) is 17.8 Å². The maximum Gasteiger partial charge on any atom is 0.125 e. The summed E-state index contributed by atoms with van der Waals surface area (Å²) in [7, 11) is 0. The zero-order valence-electron chi connectivity index (χ0n) is 10.6. The minimum absolute atomic E-state index is 0.186. The molecule has 0 aliphatic heterocycles. The summed E-state index contributed by atoms with van der Waals surface area (Å²) in [5.41, 5.74) is 3.14. The molecule has 0 aromatic heterocycles. The quantitative estimate of drug-likeness (QED) is 0.830. The largest absolute Gasteiger partial charge is 0.598 e. The molecule has 96 valence electrons. The fourth-order valence-corrected chi connectivity index (χ4v) is 3.53. The molecule has 1 aliphatic carbocycles. The molecule has 0 saturated heterocycles. The number of rotatable bonds is 5. The van der Waals surface area contributed by atoms with Crippen molar-refractivity contribution >= 4 is 11.4 Å². The molecular weight excluding hydrogens is 244 g/mol. The van der Waals surface area contributed by atoms with E-state index in [9.17, 15) is 4.55 Å². The molecule has 3 nitrogen and oxygen atoms in total. The van der Waals surface area contributed by atoms with Crippen molar-refractivity contribution in [1.82, 2.24) is 4.72 Å². The van der Waals surface area contributed by atoms with Crippen LogP contribution in [0.3, 0.4) is 0 Å². The van der Waals surface area contributed by atoms with E-state index in [4.69, 9.17) is 5.26 Å². The van der Waals surface area contributed by atoms with Crippen molar-refractivity contribution in [3.05, 3.63) is 34.9 Å². The van der Waals surface area contributed by atoms with E-state index in [1.165, 1.54) is 11.1 Å². The summed E-state index contributed by atoms with van der Waals surface area (Å²) < 4.78 is 15.0. The van der Waals surface area contributed by atoms with Gasteiger partial charge in [0.1, 0.15) is 5.75 Å². The summed E-state index contributed by atoms with van der Waals surface area (Å²) in [6.07, 6.45) is 4.00. The molecule has 0 amide bonds. The van der Waals surface area contributed by atoms with Crippen molar-refractivity contribution in [3.8, 4) is 6.07 Å². The van der Waals surface area contributed by atoms with E-state index in [2.05, 4.69) is 17.7 Å².